The summed E-state index contributed by atoms with van der Waals surface area (Å²) in [4.78, 5) is 14.3. The lowest BCUT2D eigenvalue weighted by Gasteiger charge is -2.16. The predicted molar refractivity (Wildman–Crippen MR) is 78.0 cm³/mol. The third-order valence-corrected chi connectivity index (χ3v) is 4.18. The average Bonchev–Trinajstić information content (AvgIpc) is 3.00. The van der Waals surface area contributed by atoms with Gasteiger partial charge in [-0.1, -0.05) is 0 Å². The highest BCUT2D eigenvalue weighted by atomic mass is 16.5. The maximum Gasteiger partial charge on any atom is 0.238 e. The summed E-state index contributed by atoms with van der Waals surface area (Å²) in [5.74, 6) is 1.57. The summed E-state index contributed by atoms with van der Waals surface area (Å²) in [6, 6.07) is 8.00. The molecule has 2 N–H and O–H groups in total. The molecule has 5 heteroatoms. The number of likely N-dealkylation sites (tertiary alicyclic amines) is 1. The molecular weight excluding hydrogens is 254 g/mol. The number of amides is 1. The first kappa shape index (κ1) is 13.4. The molecule has 5 nitrogen and oxygen atoms in total. The average molecular weight is 275 g/mol. The topological polar surface area (TPSA) is 53.6 Å². The summed E-state index contributed by atoms with van der Waals surface area (Å²) < 4.78 is 5.10. The molecule has 2 aliphatic heterocycles. The molecule has 3 rings (SSSR count). The Balaban J connectivity index is 1.49. The number of carbonyl (C=O) groups excluding carboxylic acids is 1. The van der Waals surface area contributed by atoms with Crippen molar-refractivity contribution in [2.24, 2.45) is 5.92 Å². The Labute approximate surface area is 119 Å². The Morgan fingerprint density at radius 1 is 1.40 bits per heavy atom. The van der Waals surface area contributed by atoms with E-state index in [1.807, 2.05) is 24.3 Å². The molecule has 0 aromatic heterocycles. The lowest BCUT2D eigenvalue weighted by atomic mass is 10.1. The number of nitrogens with zero attached hydrogens (tertiary/aromatic N) is 1. The summed E-state index contributed by atoms with van der Waals surface area (Å²) in [5, 5.41) is 6.43. The van der Waals surface area contributed by atoms with Gasteiger partial charge in [0.25, 0.3) is 0 Å². The van der Waals surface area contributed by atoms with Gasteiger partial charge in [0.05, 0.1) is 13.7 Å². The van der Waals surface area contributed by atoms with Crippen LogP contribution in [0.3, 0.4) is 0 Å². The molecule has 108 valence electrons. The molecule has 2 heterocycles. The van der Waals surface area contributed by atoms with Gasteiger partial charge in [0.1, 0.15) is 5.75 Å². The minimum atomic E-state index is 0.0511. The van der Waals surface area contributed by atoms with Crippen molar-refractivity contribution < 1.29 is 9.53 Å². The van der Waals surface area contributed by atoms with Crippen LogP contribution >= 0.6 is 0 Å². The van der Waals surface area contributed by atoms with Crippen molar-refractivity contribution in [1.82, 2.24) is 10.2 Å². The number of anilines is 1. The summed E-state index contributed by atoms with van der Waals surface area (Å²) in [5.41, 5.74) is 0.813. The van der Waals surface area contributed by atoms with Crippen LogP contribution in [0.4, 0.5) is 5.69 Å². The fraction of sp³-hybridized carbons (Fsp3) is 0.533. The number of carbonyl (C=O) groups is 1. The molecule has 20 heavy (non-hydrogen) atoms. The van der Waals surface area contributed by atoms with Gasteiger partial charge in [-0.05, 0) is 43.1 Å². The minimum Gasteiger partial charge on any atom is -0.497 e. The Morgan fingerprint density at radius 3 is 2.90 bits per heavy atom. The van der Waals surface area contributed by atoms with Gasteiger partial charge < -0.3 is 15.4 Å². The molecule has 1 aromatic carbocycles. The van der Waals surface area contributed by atoms with E-state index in [1.165, 1.54) is 6.42 Å². The number of rotatable bonds is 4. The molecule has 0 spiro atoms. The lowest BCUT2D eigenvalue weighted by Crippen LogP contribution is -2.35. The lowest BCUT2D eigenvalue weighted by molar-refractivity contribution is -0.117. The maximum atomic E-state index is 12.0. The van der Waals surface area contributed by atoms with E-state index in [2.05, 4.69) is 15.5 Å². The fourth-order valence-electron chi connectivity index (χ4n) is 3.15. The van der Waals surface area contributed by atoms with Crippen LogP contribution in [-0.2, 0) is 4.79 Å². The van der Waals surface area contributed by atoms with Crippen LogP contribution in [0.25, 0.3) is 0 Å². The van der Waals surface area contributed by atoms with Gasteiger partial charge >= 0.3 is 0 Å². The number of hydrogen-bond donors (Lipinski definition) is 2. The highest BCUT2D eigenvalue weighted by Gasteiger charge is 2.36. The van der Waals surface area contributed by atoms with Crippen molar-refractivity contribution in [3.63, 3.8) is 0 Å². The van der Waals surface area contributed by atoms with Crippen molar-refractivity contribution in [2.45, 2.75) is 12.5 Å². The monoisotopic (exact) mass is 275 g/mol. The van der Waals surface area contributed by atoms with Crippen molar-refractivity contribution in [1.29, 1.82) is 0 Å². The van der Waals surface area contributed by atoms with Crippen molar-refractivity contribution >= 4 is 11.6 Å². The summed E-state index contributed by atoms with van der Waals surface area (Å²) >= 11 is 0. The van der Waals surface area contributed by atoms with E-state index in [-0.39, 0.29) is 5.91 Å². The van der Waals surface area contributed by atoms with Crippen LogP contribution in [0.5, 0.6) is 5.75 Å². The Hall–Kier alpha value is -1.59. The first-order chi connectivity index (χ1) is 9.74. The second-order valence-corrected chi connectivity index (χ2v) is 5.58. The molecule has 1 amide bonds. The van der Waals surface area contributed by atoms with Crippen molar-refractivity contribution in [3.05, 3.63) is 24.3 Å². The van der Waals surface area contributed by atoms with Gasteiger partial charge in [0.2, 0.25) is 5.91 Å². The second-order valence-electron chi connectivity index (χ2n) is 5.58. The van der Waals surface area contributed by atoms with Crippen LogP contribution in [0.15, 0.2) is 24.3 Å². The molecule has 0 aliphatic carbocycles. The third kappa shape index (κ3) is 2.94. The van der Waals surface area contributed by atoms with Gasteiger partial charge in [-0.2, -0.15) is 0 Å². The molecular formula is C15H21N3O2. The smallest absolute Gasteiger partial charge is 0.238 e. The Bertz CT molecular complexity index is 463. The Kier molecular flexibility index (Phi) is 3.89. The molecule has 2 saturated heterocycles. The summed E-state index contributed by atoms with van der Waals surface area (Å²) in [6.45, 7) is 3.62. The Morgan fingerprint density at radius 2 is 2.20 bits per heavy atom. The van der Waals surface area contributed by atoms with E-state index in [9.17, 15) is 4.79 Å². The SMILES string of the molecule is COc1ccc(NC(=O)CN2C[C@@H]3CCN[C@@H]3C2)cc1. The number of fused-ring (bicyclic) bond motifs is 1. The normalized spacial score (nSPS) is 25.4. The fourth-order valence-corrected chi connectivity index (χ4v) is 3.15. The largest absolute Gasteiger partial charge is 0.497 e. The van der Waals surface area contributed by atoms with Gasteiger partial charge in [-0.15, -0.1) is 0 Å². The van der Waals surface area contributed by atoms with Crippen molar-refractivity contribution in [2.75, 3.05) is 38.6 Å². The van der Waals surface area contributed by atoms with E-state index < -0.39 is 0 Å². The molecule has 2 atom stereocenters. The van der Waals surface area contributed by atoms with Gasteiger partial charge in [-0.25, -0.2) is 0 Å². The van der Waals surface area contributed by atoms with Crippen LogP contribution in [0.2, 0.25) is 0 Å². The van der Waals surface area contributed by atoms with E-state index in [4.69, 9.17) is 4.74 Å². The van der Waals surface area contributed by atoms with Crippen LogP contribution < -0.4 is 15.4 Å². The molecule has 2 fully saturated rings. The number of ether oxygens (including phenoxy) is 1. The molecule has 0 saturated carbocycles. The number of hydrogen-bond acceptors (Lipinski definition) is 4. The first-order valence-electron chi connectivity index (χ1n) is 7.14. The number of benzene rings is 1. The predicted octanol–water partition coefficient (Wildman–Crippen LogP) is 0.927. The molecule has 0 unspecified atom stereocenters. The van der Waals surface area contributed by atoms with Gasteiger partial charge in [0, 0.05) is 24.8 Å². The number of methoxy groups -OCH3 is 1. The summed E-state index contributed by atoms with van der Waals surface area (Å²) in [7, 11) is 1.63. The van der Waals surface area contributed by atoms with Crippen molar-refractivity contribution in [3.8, 4) is 5.75 Å². The second kappa shape index (κ2) is 5.81. The molecule has 2 aliphatic rings. The summed E-state index contributed by atoms with van der Waals surface area (Å²) in [6.07, 6.45) is 1.24. The van der Waals surface area contributed by atoms with E-state index in [0.29, 0.717) is 12.6 Å². The van der Waals surface area contributed by atoms with Crippen LogP contribution in [-0.4, -0.2) is 50.1 Å². The zero-order valence-electron chi connectivity index (χ0n) is 11.8. The van der Waals surface area contributed by atoms with Crippen LogP contribution in [0.1, 0.15) is 6.42 Å². The molecule has 0 radical (unpaired) electrons. The number of nitrogens with one attached hydrogen (secondary N) is 2. The van der Waals surface area contributed by atoms with E-state index in [0.717, 1.165) is 37.0 Å². The highest BCUT2D eigenvalue weighted by molar-refractivity contribution is 5.92. The van der Waals surface area contributed by atoms with Gasteiger partial charge in [0.15, 0.2) is 0 Å². The molecule has 1 aromatic rings. The van der Waals surface area contributed by atoms with Gasteiger partial charge in [-0.3, -0.25) is 9.69 Å². The highest BCUT2D eigenvalue weighted by Crippen LogP contribution is 2.24. The standard InChI is InChI=1S/C15H21N3O2/c1-20-13-4-2-12(3-5-13)17-15(19)10-18-8-11-6-7-16-14(11)9-18/h2-5,11,14,16H,6-10H2,1H3,(H,17,19)/t11-,14+/m0/s1. The molecule has 0 bridgehead atoms. The first-order valence-corrected chi connectivity index (χ1v) is 7.14. The maximum absolute atomic E-state index is 12.0. The quantitative estimate of drug-likeness (QED) is 0.858. The van der Waals surface area contributed by atoms with Crippen LogP contribution in [0, 0.1) is 5.92 Å². The zero-order chi connectivity index (χ0) is 13.9. The minimum absolute atomic E-state index is 0.0511. The third-order valence-electron chi connectivity index (χ3n) is 4.18. The van der Waals surface area contributed by atoms with E-state index >= 15 is 0 Å². The zero-order valence-corrected chi connectivity index (χ0v) is 11.8. The van der Waals surface area contributed by atoms with E-state index in [1.54, 1.807) is 7.11 Å².